The standard InChI is InChI=1S/C11H22O5/c1-9(5-7-13-3)15-11(12)16-10(2)6-8-14-4/h9-10H,5-8H2,1-4H3. The summed E-state index contributed by atoms with van der Waals surface area (Å²) >= 11 is 0. The molecule has 0 spiro atoms. The number of hydrogen-bond acceptors (Lipinski definition) is 5. The van der Waals surface area contributed by atoms with Crippen LogP contribution in [0.2, 0.25) is 0 Å². The van der Waals surface area contributed by atoms with Gasteiger partial charge in [0.2, 0.25) is 0 Å². The predicted molar refractivity (Wildman–Crippen MR) is 59.5 cm³/mol. The fourth-order valence-corrected chi connectivity index (χ4v) is 1.04. The molecule has 2 atom stereocenters. The highest BCUT2D eigenvalue weighted by molar-refractivity contribution is 5.60. The molecule has 16 heavy (non-hydrogen) atoms. The van der Waals surface area contributed by atoms with Gasteiger partial charge in [0.25, 0.3) is 0 Å². The second kappa shape index (κ2) is 9.42. The lowest BCUT2D eigenvalue weighted by Crippen LogP contribution is -2.22. The SMILES string of the molecule is COCCC(C)OC(=O)OC(C)CCOC. The Balaban J connectivity index is 3.63. The van der Waals surface area contributed by atoms with Crippen molar-refractivity contribution in [3.63, 3.8) is 0 Å². The Morgan fingerprint density at radius 3 is 1.62 bits per heavy atom. The molecule has 0 saturated carbocycles. The van der Waals surface area contributed by atoms with Crippen molar-refractivity contribution in [1.29, 1.82) is 0 Å². The molecule has 0 saturated heterocycles. The number of carbonyl (C=O) groups is 1. The number of methoxy groups -OCH3 is 2. The highest BCUT2D eigenvalue weighted by Crippen LogP contribution is 2.04. The van der Waals surface area contributed by atoms with Crippen molar-refractivity contribution in [1.82, 2.24) is 0 Å². The fraction of sp³-hybridized carbons (Fsp3) is 0.909. The smallest absolute Gasteiger partial charge is 0.431 e. The summed E-state index contributed by atoms with van der Waals surface area (Å²) in [5.41, 5.74) is 0. The number of hydrogen-bond donors (Lipinski definition) is 0. The Morgan fingerprint density at radius 1 is 0.938 bits per heavy atom. The van der Waals surface area contributed by atoms with Crippen LogP contribution in [0.15, 0.2) is 0 Å². The Hall–Kier alpha value is -0.810. The van der Waals surface area contributed by atoms with E-state index >= 15 is 0 Å². The fourth-order valence-electron chi connectivity index (χ4n) is 1.04. The molecule has 0 aromatic carbocycles. The van der Waals surface area contributed by atoms with Gasteiger partial charge in [0, 0.05) is 40.3 Å². The molecular formula is C11H22O5. The minimum absolute atomic E-state index is 0.193. The van der Waals surface area contributed by atoms with E-state index in [2.05, 4.69) is 0 Å². The lowest BCUT2D eigenvalue weighted by Gasteiger charge is -2.16. The highest BCUT2D eigenvalue weighted by atomic mass is 16.7. The van der Waals surface area contributed by atoms with Crippen LogP contribution in [0.4, 0.5) is 4.79 Å². The molecule has 0 aliphatic rings. The second-order valence-corrected chi connectivity index (χ2v) is 3.67. The van der Waals surface area contributed by atoms with E-state index in [1.54, 1.807) is 28.1 Å². The second-order valence-electron chi connectivity index (χ2n) is 3.67. The van der Waals surface area contributed by atoms with Crippen LogP contribution in [0, 0.1) is 0 Å². The van der Waals surface area contributed by atoms with Crippen molar-refractivity contribution in [2.75, 3.05) is 27.4 Å². The zero-order chi connectivity index (χ0) is 12.4. The molecule has 0 heterocycles. The van der Waals surface area contributed by atoms with E-state index in [0.717, 1.165) is 0 Å². The molecule has 0 aliphatic carbocycles. The maximum atomic E-state index is 11.3. The van der Waals surface area contributed by atoms with Gasteiger partial charge in [-0.15, -0.1) is 0 Å². The van der Waals surface area contributed by atoms with Crippen molar-refractivity contribution in [2.24, 2.45) is 0 Å². The first-order valence-electron chi connectivity index (χ1n) is 5.45. The molecule has 0 amide bonds. The van der Waals surface area contributed by atoms with Gasteiger partial charge in [0.15, 0.2) is 0 Å². The molecule has 96 valence electrons. The van der Waals surface area contributed by atoms with Crippen molar-refractivity contribution < 1.29 is 23.7 Å². The molecule has 2 unspecified atom stereocenters. The molecule has 0 radical (unpaired) electrons. The van der Waals surface area contributed by atoms with Crippen molar-refractivity contribution >= 4 is 6.16 Å². The Kier molecular flexibility index (Phi) is 8.94. The maximum Gasteiger partial charge on any atom is 0.508 e. The van der Waals surface area contributed by atoms with Crippen LogP contribution in [0.3, 0.4) is 0 Å². The topological polar surface area (TPSA) is 54.0 Å². The van der Waals surface area contributed by atoms with Crippen LogP contribution in [-0.4, -0.2) is 45.8 Å². The van der Waals surface area contributed by atoms with E-state index in [1.165, 1.54) is 0 Å². The van der Waals surface area contributed by atoms with E-state index in [-0.39, 0.29) is 12.2 Å². The summed E-state index contributed by atoms with van der Waals surface area (Å²) in [4.78, 5) is 11.3. The van der Waals surface area contributed by atoms with Crippen LogP contribution < -0.4 is 0 Å². The molecule has 0 bridgehead atoms. The summed E-state index contributed by atoms with van der Waals surface area (Å²) in [5, 5.41) is 0. The normalized spacial score (nSPS) is 14.2. The van der Waals surface area contributed by atoms with Gasteiger partial charge in [-0.25, -0.2) is 4.79 Å². The van der Waals surface area contributed by atoms with Crippen LogP contribution in [-0.2, 0) is 18.9 Å². The van der Waals surface area contributed by atoms with E-state index in [4.69, 9.17) is 18.9 Å². The van der Waals surface area contributed by atoms with E-state index in [0.29, 0.717) is 26.1 Å². The van der Waals surface area contributed by atoms with Gasteiger partial charge in [0.05, 0.1) is 0 Å². The van der Waals surface area contributed by atoms with Gasteiger partial charge in [-0.2, -0.15) is 0 Å². The number of ether oxygens (including phenoxy) is 4. The number of rotatable bonds is 8. The summed E-state index contributed by atoms with van der Waals surface area (Å²) in [6.45, 7) is 4.74. The molecule has 0 aromatic heterocycles. The molecule has 5 nitrogen and oxygen atoms in total. The average molecular weight is 234 g/mol. The Labute approximate surface area is 97.0 Å². The van der Waals surface area contributed by atoms with Crippen LogP contribution in [0.25, 0.3) is 0 Å². The zero-order valence-electron chi connectivity index (χ0n) is 10.5. The minimum atomic E-state index is -0.632. The monoisotopic (exact) mass is 234 g/mol. The molecule has 5 heteroatoms. The maximum absolute atomic E-state index is 11.3. The van der Waals surface area contributed by atoms with Crippen molar-refractivity contribution in [2.45, 2.75) is 38.9 Å². The predicted octanol–water partition coefficient (Wildman–Crippen LogP) is 1.99. The van der Waals surface area contributed by atoms with Crippen LogP contribution in [0.5, 0.6) is 0 Å². The van der Waals surface area contributed by atoms with Crippen LogP contribution >= 0.6 is 0 Å². The molecule has 0 aliphatic heterocycles. The van der Waals surface area contributed by atoms with Gasteiger partial charge in [-0.1, -0.05) is 0 Å². The van der Waals surface area contributed by atoms with Gasteiger partial charge >= 0.3 is 6.16 Å². The third-order valence-corrected chi connectivity index (χ3v) is 2.05. The quantitative estimate of drug-likeness (QED) is 0.601. The largest absolute Gasteiger partial charge is 0.508 e. The summed E-state index contributed by atoms with van der Waals surface area (Å²) in [5.74, 6) is 0. The lowest BCUT2D eigenvalue weighted by atomic mass is 10.3. The van der Waals surface area contributed by atoms with Crippen molar-refractivity contribution in [3.8, 4) is 0 Å². The lowest BCUT2D eigenvalue weighted by molar-refractivity contribution is -0.00633. The third kappa shape index (κ3) is 8.49. The first-order valence-corrected chi connectivity index (χ1v) is 5.45. The van der Waals surface area contributed by atoms with Crippen molar-refractivity contribution in [3.05, 3.63) is 0 Å². The van der Waals surface area contributed by atoms with Crippen LogP contribution in [0.1, 0.15) is 26.7 Å². The minimum Gasteiger partial charge on any atom is -0.431 e. The Bertz CT molecular complexity index is 165. The van der Waals surface area contributed by atoms with E-state index in [9.17, 15) is 4.79 Å². The summed E-state index contributed by atoms with van der Waals surface area (Å²) in [6.07, 6.45) is 0.312. The average Bonchev–Trinajstić information content (AvgIpc) is 2.23. The number of carbonyl (C=O) groups excluding carboxylic acids is 1. The third-order valence-electron chi connectivity index (χ3n) is 2.05. The van der Waals surface area contributed by atoms with E-state index < -0.39 is 6.16 Å². The molecule has 0 rings (SSSR count). The van der Waals surface area contributed by atoms with Gasteiger partial charge in [-0.3, -0.25) is 0 Å². The van der Waals surface area contributed by atoms with E-state index in [1.807, 2.05) is 0 Å². The highest BCUT2D eigenvalue weighted by Gasteiger charge is 2.13. The first-order chi connectivity index (χ1) is 7.60. The Morgan fingerprint density at radius 2 is 1.31 bits per heavy atom. The molecule has 0 fully saturated rings. The molecule has 0 aromatic rings. The van der Waals surface area contributed by atoms with Gasteiger partial charge in [-0.05, 0) is 13.8 Å². The van der Waals surface area contributed by atoms with Gasteiger partial charge < -0.3 is 18.9 Å². The molecule has 0 N–H and O–H groups in total. The summed E-state index contributed by atoms with van der Waals surface area (Å²) in [7, 11) is 3.22. The zero-order valence-corrected chi connectivity index (χ0v) is 10.5. The first kappa shape index (κ1) is 15.2. The molecular weight excluding hydrogens is 212 g/mol. The van der Waals surface area contributed by atoms with Gasteiger partial charge in [0.1, 0.15) is 12.2 Å². The summed E-state index contributed by atoms with van der Waals surface area (Å²) < 4.78 is 19.8. The summed E-state index contributed by atoms with van der Waals surface area (Å²) in [6, 6.07) is 0.